The van der Waals surface area contributed by atoms with Crippen LogP contribution in [-0.2, 0) is 0 Å². The normalized spacial score (nSPS) is 10.2. The van der Waals surface area contributed by atoms with Crippen molar-refractivity contribution < 1.29 is 0 Å². The van der Waals surface area contributed by atoms with Gasteiger partial charge in [0.2, 0.25) is 0 Å². The lowest BCUT2D eigenvalue weighted by Gasteiger charge is -2.18. The van der Waals surface area contributed by atoms with Gasteiger partial charge in [-0.05, 0) is 36.8 Å². The standard InChI is InChI=1S/C15H17ClN2/c1-11-8-9-12(10-13(11)16)17-14-6-4-5-7-15(14)18(2)3/h4-10,17H,1-3H3. The summed E-state index contributed by atoms with van der Waals surface area (Å²) in [6.07, 6.45) is 0. The topological polar surface area (TPSA) is 15.3 Å². The van der Waals surface area contributed by atoms with Crippen LogP contribution in [0.4, 0.5) is 17.1 Å². The van der Waals surface area contributed by atoms with Gasteiger partial charge in [0.15, 0.2) is 0 Å². The van der Waals surface area contributed by atoms with E-state index in [9.17, 15) is 0 Å². The molecule has 0 aliphatic heterocycles. The lowest BCUT2D eigenvalue weighted by atomic mass is 10.2. The van der Waals surface area contributed by atoms with Crippen LogP contribution in [0.15, 0.2) is 42.5 Å². The Morgan fingerprint density at radius 1 is 1.06 bits per heavy atom. The molecule has 2 aromatic carbocycles. The Hall–Kier alpha value is -1.67. The van der Waals surface area contributed by atoms with Crippen molar-refractivity contribution in [2.75, 3.05) is 24.3 Å². The fraction of sp³-hybridized carbons (Fsp3) is 0.200. The number of nitrogens with zero attached hydrogens (tertiary/aromatic N) is 1. The van der Waals surface area contributed by atoms with Crippen LogP contribution in [0.5, 0.6) is 0 Å². The molecule has 0 spiro atoms. The van der Waals surface area contributed by atoms with E-state index < -0.39 is 0 Å². The second kappa shape index (κ2) is 5.32. The van der Waals surface area contributed by atoms with Gasteiger partial charge in [-0.3, -0.25) is 0 Å². The maximum Gasteiger partial charge on any atom is 0.0621 e. The van der Waals surface area contributed by atoms with Crippen molar-refractivity contribution in [2.45, 2.75) is 6.92 Å². The molecule has 0 radical (unpaired) electrons. The quantitative estimate of drug-likeness (QED) is 0.877. The predicted octanol–water partition coefficient (Wildman–Crippen LogP) is 4.46. The van der Waals surface area contributed by atoms with Gasteiger partial charge in [0.1, 0.15) is 0 Å². The molecular formula is C15H17ClN2. The first-order chi connectivity index (χ1) is 8.58. The number of hydrogen-bond acceptors (Lipinski definition) is 2. The van der Waals surface area contributed by atoms with Gasteiger partial charge in [-0.15, -0.1) is 0 Å². The van der Waals surface area contributed by atoms with Crippen LogP contribution >= 0.6 is 11.6 Å². The van der Waals surface area contributed by atoms with Crippen molar-refractivity contribution in [1.82, 2.24) is 0 Å². The van der Waals surface area contributed by atoms with Crippen LogP contribution in [0.2, 0.25) is 5.02 Å². The second-order valence-electron chi connectivity index (χ2n) is 4.50. The Balaban J connectivity index is 2.31. The van der Waals surface area contributed by atoms with E-state index in [1.807, 2.05) is 51.4 Å². The minimum absolute atomic E-state index is 0.780. The summed E-state index contributed by atoms with van der Waals surface area (Å²) in [6.45, 7) is 2.00. The molecule has 0 aliphatic rings. The maximum absolute atomic E-state index is 6.13. The molecule has 0 atom stereocenters. The molecule has 0 aromatic heterocycles. The monoisotopic (exact) mass is 260 g/mol. The number of aryl methyl sites for hydroxylation is 1. The Morgan fingerprint density at radius 3 is 2.44 bits per heavy atom. The van der Waals surface area contributed by atoms with Crippen LogP contribution < -0.4 is 10.2 Å². The van der Waals surface area contributed by atoms with Crippen molar-refractivity contribution in [2.24, 2.45) is 0 Å². The molecule has 0 bridgehead atoms. The SMILES string of the molecule is Cc1ccc(Nc2ccccc2N(C)C)cc1Cl. The lowest BCUT2D eigenvalue weighted by Crippen LogP contribution is -2.10. The van der Waals surface area contributed by atoms with Crippen molar-refractivity contribution in [1.29, 1.82) is 0 Å². The largest absolute Gasteiger partial charge is 0.376 e. The van der Waals surface area contributed by atoms with Crippen molar-refractivity contribution >= 4 is 28.7 Å². The van der Waals surface area contributed by atoms with Crippen LogP contribution in [0.25, 0.3) is 0 Å². The number of nitrogens with one attached hydrogen (secondary N) is 1. The van der Waals surface area contributed by atoms with Crippen molar-refractivity contribution in [3.63, 3.8) is 0 Å². The van der Waals surface area contributed by atoms with E-state index in [0.29, 0.717) is 0 Å². The maximum atomic E-state index is 6.13. The minimum atomic E-state index is 0.780. The summed E-state index contributed by atoms with van der Waals surface area (Å²) in [5, 5.41) is 4.18. The third kappa shape index (κ3) is 2.77. The van der Waals surface area contributed by atoms with Gasteiger partial charge in [0, 0.05) is 24.8 Å². The summed E-state index contributed by atoms with van der Waals surface area (Å²) in [6, 6.07) is 14.2. The van der Waals surface area contributed by atoms with Gasteiger partial charge in [0.25, 0.3) is 0 Å². The fourth-order valence-corrected chi connectivity index (χ4v) is 1.98. The van der Waals surface area contributed by atoms with Gasteiger partial charge in [0.05, 0.1) is 11.4 Å². The number of anilines is 3. The van der Waals surface area contributed by atoms with E-state index in [0.717, 1.165) is 27.6 Å². The Morgan fingerprint density at radius 2 is 1.78 bits per heavy atom. The van der Waals surface area contributed by atoms with Crippen LogP contribution in [-0.4, -0.2) is 14.1 Å². The average Bonchev–Trinajstić information content (AvgIpc) is 2.34. The Labute approximate surface area is 113 Å². The molecule has 0 fully saturated rings. The molecule has 94 valence electrons. The molecular weight excluding hydrogens is 244 g/mol. The first-order valence-electron chi connectivity index (χ1n) is 5.87. The number of rotatable bonds is 3. The number of hydrogen-bond donors (Lipinski definition) is 1. The van der Waals surface area contributed by atoms with Gasteiger partial charge in [-0.25, -0.2) is 0 Å². The fourth-order valence-electron chi connectivity index (χ4n) is 1.80. The molecule has 0 unspecified atom stereocenters. The summed E-state index contributed by atoms with van der Waals surface area (Å²) < 4.78 is 0. The highest BCUT2D eigenvalue weighted by molar-refractivity contribution is 6.31. The summed E-state index contributed by atoms with van der Waals surface area (Å²) in [5.41, 5.74) is 4.31. The molecule has 2 nitrogen and oxygen atoms in total. The highest BCUT2D eigenvalue weighted by Crippen LogP contribution is 2.29. The average molecular weight is 261 g/mol. The molecule has 2 aromatic rings. The molecule has 3 heteroatoms. The Kier molecular flexibility index (Phi) is 3.78. The van der Waals surface area contributed by atoms with E-state index in [2.05, 4.69) is 22.3 Å². The summed E-state index contributed by atoms with van der Waals surface area (Å²) in [7, 11) is 4.06. The highest BCUT2D eigenvalue weighted by Gasteiger charge is 2.04. The van der Waals surface area contributed by atoms with E-state index in [-0.39, 0.29) is 0 Å². The van der Waals surface area contributed by atoms with E-state index in [1.54, 1.807) is 0 Å². The van der Waals surface area contributed by atoms with Gasteiger partial charge >= 0.3 is 0 Å². The number of halogens is 1. The van der Waals surface area contributed by atoms with Crippen molar-refractivity contribution in [3.8, 4) is 0 Å². The zero-order valence-electron chi connectivity index (χ0n) is 10.9. The molecule has 0 saturated carbocycles. The molecule has 0 amide bonds. The van der Waals surface area contributed by atoms with Crippen molar-refractivity contribution in [3.05, 3.63) is 53.1 Å². The lowest BCUT2D eigenvalue weighted by molar-refractivity contribution is 1.13. The zero-order valence-corrected chi connectivity index (χ0v) is 11.6. The van der Waals surface area contributed by atoms with E-state index >= 15 is 0 Å². The molecule has 1 N–H and O–H groups in total. The van der Waals surface area contributed by atoms with Crippen LogP contribution in [0, 0.1) is 6.92 Å². The predicted molar refractivity (Wildman–Crippen MR) is 80.2 cm³/mol. The van der Waals surface area contributed by atoms with Gasteiger partial charge in [-0.2, -0.15) is 0 Å². The smallest absolute Gasteiger partial charge is 0.0621 e. The van der Waals surface area contributed by atoms with Crippen LogP contribution in [0.3, 0.4) is 0 Å². The summed E-state index contributed by atoms with van der Waals surface area (Å²) in [4.78, 5) is 2.08. The third-order valence-electron chi connectivity index (χ3n) is 2.84. The Bertz CT molecular complexity index is 550. The molecule has 0 aliphatic carbocycles. The summed E-state index contributed by atoms with van der Waals surface area (Å²) in [5.74, 6) is 0. The minimum Gasteiger partial charge on any atom is -0.376 e. The first kappa shape index (κ1) is 12.8. The number of benzene rings is 2. The summed E-state index contributed by atoms with van der Waals surface area (Å²) >= 11 is 6.13. The van der Waals surface area contributed by atoms with E-state index in [4.69, 9.17) is 11.6 Å². The second-order valence-corrected chi connectivity index (χ2v) is 4.91. The third-order valence-corrected chi connectivity index (χ3v) is 3.24. The molecule has 18 heavy (non-hydrogen) atoms. The molecule has 2 rings (SSSR count). The zero-order chi connectivity index (χ0) is 13.1. The van der Waals surface area contributed by atoms with Gasteiger partial charge in [-0.1, -0.05) is 29.8 Å². The first-order valence-corrected chi connectivity index (χ1v) is 6.25. The van der Waals surface area contributed by atoms with Gasteiger partial charge < -0.3 is 10.2 Å². The highest BCUT2D eigenvalue weighted by atomic mass is 35.5. The molecule has 0 saturated heterocycles. The van der Waals surface area contributed by atoms with Crippen LogP contribution in [0.1, 0.15) is 5.56 Å². The number of para-hydroxylation sites is 2. The van der Waals surface area contributed by atoms with E-state index in [1.165, 1.54) is 0 Å². The molecule has 0 heterocycles.